The van der Waals surface area contributed by atoms with Gasteiger partial charge in [0.15, 0.2) is 0 Å². The topological polar surface area (TPSA) is 58.6 Å². The highest BCUT2D eigenvalue weighted by molar-refractivity contribution is 5.92. The molecular weight excluding hydrogens is 170 g/mol. The Morgan fingerprint density at radius 2 is 2.31 bits per heavy atom. The molecule has 0 saturated carbocycles. The van der Waals surface area contributed by atoms with Gasteiger partial charge in [-0.05, 0) is 13.3 Å². The van der Waals surface area contributed by atoms with E-state index in [1.165, 1.54) is 0 Å². The van der Waals surface area contributed by atoms with Crippen molar-refractivity contribution in [2.24, 2.45) is 0 Å². The lowest BCUT2D eigenvalue weighted by Gasteiger charge is -2.12. The third kappa shape index (κ3) is 6.31. The van der Waals surface area contributed by atoms with Crippen LogP contribution < -0.4 is 5.32 Å². The standard InChI is InChI=1S/C9H17NO3/c1-4-5-6-13-9(12)10-8(11)7(2)3/h9,12H,2,4-6H2,1,3H3,(H,10,11). The maximum atomic E-state index is 10.9. The van der Waals surface area contributed by atoms with E-state index in [1.807, 2.05) is 6.92 Å². The van der Waals surface area contributed by atoms with Gasteiger partial charge in [0, 0.05) is 5.57 Å². The van der Waals surface area contributed by atoms with Crippen molar-refractivity contribution in [2.75, 3.05) is 6.61 Å². The van der Waals surface area contributed by atoms with Gasteiger partial charge >= 0.3 is 0 Å². The van der Waals surface area contributed by atoms with E-state index < -0.39 is 12.3 Å². The highest BCUT2D eigenvalue weighted by atomic mass is 16.6. The molecule has 0 fully saturated rings. The van der Waals surface area contributed by atoms with Gasteiger partial charge in [0.25, 0.3) is 0 Å². The van der Waals surface area contributed by atoms with Crippen LogP contribution in [0.3, 0.4) is 0 Å². The number of carbonyl (C=O) groups excluding carboxylic acids is 1. The van der Waals surface area contributed by atoms with Gasteiger partial charge in [-0.15, -0.1) is 0 Å². The Balaban J connectivity index is 3.55. The number of carbonyl (C=O) groups is 1. The predicted octanol–water partition coefficient (Wildman–Crippen LogP) is 0.771. The van der Waals surface area contributed by atoms with Crippen molar-refractivity contribution in [1.82, 2.24) is 5.32 Å². The summed E-state index contributed by atoms with van der Waals surface area (Å²) in [5.74, 6) is -0.399. The zero-order chi connectivity index (χ0) is 10.3. The van der Waals surface area contributed by atoms with Crippen LogP contribution in [-0.4, -0.2) is 24.0 Å². The fourth-order valence-electron chi connectivity index (χ4n) is 0.616. The second-order valence-electron chi connectivity index (χ2n) is 2.83. The summed E-state index contributed by atoms with van der Waals surface area (Å²) >= 11 is 0. The van der Waals surface area contributed by atoms with E-state index in [0.717, 1.165) is 12.8 Å². The lowest BCUT2D eigenvalue weighted by Crippen LogP contribution is -2.37. The number of rotatable bonds is 6. The van der Waals surface area contributed by atoms with E-state index in [-0.39, 0.29) is 0 Å². The van der Waals surface area contributed by atoms with Crippen molar-refractivity contribution in [3.05, 3.63) is 12.2 Å². The van der Waals surface area contributed by atoms with E-state index >= 15 is 0 Å². The van der Waals surface area contributed by atoms with Crippen LogP contribution in [0.4, 0.5) is 0 Å². The van der Waals surface area contributed by atoms with Crippen molar-refractivity contribution < 1.29 is 14.6 Å². The summed E-state index contributed by atoms with van der Waals surface area (Å²) in [4.78, 5) is 10.9. The molecule has 0 aliphatic carbocycles. The molecule has 4 heteroatoms. The third-order valence-corrected chi connectivity index (χ3v) is 1.42. The number of unbranched alkanes of at least 4 members (excludes halogenated alkanes) is 1. The fraction of sp³-hybridized carbons (Fsp3) is 0.667. The number of hydrogen-bond donors (Lipinski definition) is 2. The number of amides is 1. The van der Waals surface area contributed by atoms with Crippen molar-refractivity contribution in [3.8, 4) is 0 Å². The number of ether oxygens (including phenoxy) is 1. The first kappa shape index (κ1) is 12.1. The quantitative estimate of drug-likeness (QED) is 0.367. The van der Waals surface area contributed by atoms with E-state index in [9.17, 15) is 4.79 Å². The van der Waals surface area contributed by atoms with Gasteiger partial charge in [-0.1, -0.05) is 19.9 Å². The van der Waals surface area contributed by atoms with Gasteiger partial charge in [-0.25, -0.2) is 0 Å². The molecule has 0 bridgehead atoms. The number of nitrogens with one attached hydrogen (secondary N) is 1. The molecule has 0 aromatic heterocycles. The molecule has 1 amide bonds. The molecule has 0 aliphatic heterocycles. The largest absolute Gasteiger partial charge is 0.351 e. The van der Waals surface area contributed by atoms with Gasteiger partial charge in [0.1, 0.15) is 0 Å². The Hall–Kier alpha value is -0.870. The lowest BCUT2D eigenvalue weighted by atomic mass is 10.3. The van der Waals surface area contributed by atoms with Crippen molar-refractivity contribution in [2.45, 2.75) is 33.1 Å². The van der Waals surface area contributed by atoms with Crippen LogP contribution in [0.1, 0.15) is 26.7 Å². The van der Waals surface area contributed by atoms with Gasteiger partial charge in [-0.3, -0.25) is 4.79 Å². The van der Waals surface area contributed by atoms with Crippen LogP contribution >= 0.6 is 0 Å². The summed E-state index contributed by atoms with van der Waals surface area (Å²) in [6.07, 6.45) is 0.622. The Labute approximate surface area is 78.6 Å². The highest BCUT2D eigenvalue weighted by Crippen LogP contribution is 1.92. The predicted molar refractivity (Wildman–Crippen MR) is 49.8 cm³/mol. The molecule has 13 heavy (non-hydrogen) atoms. The van der Waals surface area contributed by atoms with Crippen molar-refractivity contribution in [3.63, 3.8) is 0 Å². The summed E-state index contributed by atoms with van der Waals surface area (Å²) in [5.41, 5.74) is 0.346. The minimum Gasteiger partial charge on any atom is -0.351 e. The second kappa shape index (κ2) is 6.62. The SMILES string of the molecule is C=C(C)C(=O)NC(O)OCCCC. The Kier molecular flexibility index (Phi) is 6.18. The van der Waals surface area contributed by atoms with Crippen LogP contribution in [0, 0.1) is 0 Å². The summed E-state index contributed by atoms with van der Waals surface area (Å²) in [6, 6.07) is 0. The molecule has 76 valence electrons. The first-order valence-electron chi connectivity index (χ1n) is 4.34. The average Bonchev–Trinajstić information content (AvgIpc) is 2.04. The monoisotopic (exact) mass is 187 g/mol. The Morgan fingerprint density at radius 3 is 2.77 bits per heavy atom. The first-order valence-corrected chi connectivity index (χ1v) is 4.34. The molecule has 0 spiro atoms. The molecule has 1 atom stereocenters. The van der Waals surface area contributed by atoms with E-state index in [4.69, 9.17) is 9.84 Å². The minimum atomic E-state index is -1.23. The van der Waals surface area contributed by atoms with Crippen molar-refractivity contribution in [1.29, 1.82) is 0 Å². The van der Waals surface area contributed by atoms with Gasteiger partial charge in [0.05, 0.1) is 6.61 Å². The molecular formula is C9H17NO3. The molecule has 0 heterocycles. The molecule has 0 radical (unpaired) electrons. The van der Waals surface area contributed by atoms with Crippen LogP contribution in [0.15, 0.2) is 12.2 Å². The molecule has 4 nitrogen and oxygen atoms in total. The van der Waals surface area contributed by atoms with Gasteiger partial charge < -0.3 is 15.2 Å². The van der Waals surface area contributed by atoms with E-state index in [0.29, 0.717) is 12.2 Å². The maximum Gasteiger partial charge on any atom is 0.250 e. The highest BCUT2D eigenvalue weighted by Gasteiger charge is 2.08. The van der Waals surface area contributed by atoms with Crippen molar-refractivity contribution >= 4 is 5.91 Å². The zero-order valence-electron chi connectivity index (χ0n) is 8.17. The number of aliphatic hydroxyl groups is 1. The van der Waals surface area contributed by atoms with Crippen LogP contribution in [-0.2, 0) is 9.53 Å². The molecule has 2 N–H and O–H groups in total. The summed E-state index contributed by atoms with van der Waals surface area (Å²) in [7, 11) is 0. The smallest absolute Gasteiger partial charge is 0.250 e. The Morgan fingerprint density at radius 1 is 1.69 bits per heavy atom. The number of hydrogen-bond acceptors (Lipinski definition) is 3. The summed E-state index contributed by atoms with van der Waals surface area (Å²) in [5, 5.41) is 11.3. The molecule has 0 aliphatic rings. The van der Waals surface area contributed by atoms with E-state index in [1.54, 1.807) is 6.92 Å². The van der Waals surface area contributed by atoms with Gasteiger partial charge in [0.2, 0.25) is 12.3 Å². The maximum absolute atomic E-state index is 10.9. The normalized spacial score (nSPS) is 12.2. The lowest BCUT2D eigenvalue weighted by molar-refractivity contribution is -0.144. The third-order valence-electron chi connectivity index (χ3n) is 1.42. The molecule has 0 aromatic carbocycles. The first-order chi connectivity index (χ1) is 6.07. The van der Waals surface area contributed by atoms with Crippen LogP contribution in [0.25, 0.3) is 0 Å². The molecule has 0 aromatic rings. The number of aliphatic hydroxyl groups excluding tert-OH is 1. The molecule has 0 saturated heterocycles. The summed E-state index contributed by atoms with van der Waals surface area (Å²) < 4.78 is 4.89. The van der Waals surface area contributed by atoms with Gasteiger partial charge in [-0.2, -0.15) is 0 Å². The average molecular weight is 187 g/mol. The van der Waals surface area contributed by atoms with Crippen LogP contribution in [0.2, 0.25) is 0 Å². The molecule has 1 unspecified atom stereocenters. The molecule has 0 rings (SSSR count). The zero-order valence-corrected chi connectivity index (χ0v) is 8.17. The minimum absolute atomic E-state index is 0.346. The Bertz CT molecular complexity index is 180. The van der Waals surface area contributed by atoms with E-state index in [2.05, 4.69) is 11.9 Å². The summed E-state index contributed by atoms with van der Waals surface area (Å²) in [6.45, 7) is 7.44. The fourth-order valence-corrected chi connectivity index (χ4v) is 0.616. The second-order valence-corrected chi connectivity index (χ2v) is 2.83. The van der Waals surface area contributed by atoms with Crippen LogP contribution in [0.5, 0.6) is 0 Å².